The molecule has 1 heterocycles. The summed E-state index contributed by atoms with van der Waals surface area (Å²) in [5.41, 5.74) is 0.263. The Labute approximate surface area is 162 Å². The summed E-state index contributed by atoms with van der Waals surface area (Å²) in [6.07, 6.45) is 1.67. The van der Waals surface area contributed by atoms with Gasteiger partial charge in [0.2, 0.25) is 11.8 Å². The Morgan fingerprint density at radius 1 is 1.11 bits per heavy atom. The third-order valence-corrected chi connectivity index (χ3v) is 4.63. The van der Waals surface area contributed by atoms with Gasteiger partial charge in [0, 0.05) is 18.5 Å². The molecule has 1 aliphatic heterocycles. The summed E-state index contributed by atoms with van der Waals surface area (Å²) in [4.78, 5) is 49.4. The second kappa shape index (κ2) is 8.85. The number of nitrogens with one attached hydrogen (secondary N) is 2. The first-order valence-corrected chi connectivity index (χ1v) is 9.35. The summed E-state index contributed by atoms with van der Waals surface area (Å²) in [7, 11) is 0. The molecule has 27 heavy (non-hydrogen) atoms. The summed E-state index contributed by atoms with van der Waals surface area (Å²) in [5.74, 6) is -0.974. The van der Waals surface area contributed by atoms with Gasteiger partial charge in [0.1, 0.15) is 0 Å². The summed E-state index contributed by atoms with van der Waals surface area (Å²) < 4.78 is 0. The highest BCUT2D eigenvalue weighted by Gasteiger charge is 2.34. The molecule has 0 bridgehead atoms. The highest BCUT2D eigenvalue weighted by molar-refractivity contribution is 8.18. The predicted molar refractivity (Wildman–Crippen MR) is 105 cm³/mol. The van der Waals surface area contributed by atoms with Gasteiger partial charge in [0.25, 0.3) is 11.1 Å². The Morgan fingerprint density at radius 2 is 1.78 bits per heavy atom. The van der Waals surface area contributed by atoms with Gasteiger partial charge in [0.15, 0.2) is 0 Å². The van der Waals surface area contributed by atoms with Crippen LogP contribution in [0.2, 0.25) is 0 Å². The van der Waals surface area contributed by atoms with Gasteiger partial charge in [-0.1, -0.05) is 51.1 Å². The van der Waals surface area contributed by atoms with Crippen molar-refractivity contribution < 1.29 is 19.2 Å². The minimum Gasteiger partial charge on any atom is -0.353 e. The predicted octanol–water partition coefficient (Wildman–Crippen LogP) is 2.00. The van der Waals surface area contributed by atoms with Gasteiger partial charge in [-0.25, -0.2) is 0 Å². The van der Waals surface area contributed by atoms with Crippen LogP contribution in [-0.2, 0) is 14.4 Å². The molecule has 7 nitrogen and oxygen atoms in total. The number of thioether (sulfide) groups is 1. The minimum absolute atomic E-state index is 0.0791. The molecule has 144 valence electrons. The van der Waals surface area contributed by atoms with Gasteiger partial charge < -0.3 is 10.6 Å². The van der Waals surface area contributed by atoms with E-state index in [1.807, 2.05) is 30.3 Å². The number of imide groups is 1. The average molecular weight is 389 g/mol. The van der Waals surface area contributed by atoms with Crippen molar-refractivity contribution in [2.24, 2.45) is 5.41 Å². The molecule has 2 N–H and O–H groups in total. The normalized spacial score (nSPS) is 16.0. The fourth-order valence-corrected chi connectivity index (χ4v) is 3.05. The molecule has 4 amide bonds. The number of hydrogen-bond acceptors (Lipinski definition) is 5. The first kappa shape index (κ1) is 20.7. The van der Waals surface area contributed by atoms with E-state index in [2.05, 4.69) is 10.6 Å². The van der Waals surface area contributed by atoms with E-state index < -0.39 is 5.41 Å². The lowest BCUT2D eigenvalue weighted by molar-refractivity contribution is -0.131. The fourth-order valence-electron chi connectivity index (χ4n) is 2.19. The van der Waals surface area contributed by atoms with Gasteiger partial charge in [-0.2, -0.15) is 0 Å². The summed E-state index contributed by atoms with van der Waals surface area (Å²) in [6.45, 7) is 5.32. The van der Waals surface area contributed by atoms with Gasteiger partial charge in [-0.3, -0.25) is 24.1 Å². The number of amides is 4. The highest BCUT2D eigenvalue weighted by atomic mass is 32.2. The van der Waals surface area contributed by atoms with E-state index in [0.717, 1.165) is 22.2 Å². The Morgan fingerprint density at radius 3 is 2.41 bits per heavy atom. The topological polar surface area (TPSA) is 95.6 Å². The van der Waals surface area contributed by atoms with Crippen molar-refractivity contribution in [2.75, 3.05) is 19.6 Å². The van der Waals surface area contributed by atoms with Crippen molar-refractivity contribution in [3.8, 4) is 0 Å². The van der Waals surface area contributed by atoms with E-state index in [9.17, 15) is 19.2 Å². The first-order chi connectivity index (χ1) is 12.7. The monoisotopic (exact) mass is 389 g/mol. The molecule has 1 aliphatic rings. The standard InChI is InChI=1S/C19H23N3O4S/c1-19(2,3)17(25)21-12-15(23)20-9-10-22-16(24)14(27-18(22)26)11-13-7-5-4-6-8-13/h4-8,11H,9-10,12H2,1-3H3,(H,20,23)(H,21,25)/b14-11-. The molecule has 0 aliphatic carbocycles. The second-order valence-electron chi connectivity index (χ2n) is 7.03. The molecule has 0 spiro atoms. The largest absolute Gasteiger partial charge is 0.353 e. The van der Waals surface area contributed by atoms with Crippen molar-refractivity contribution in [1.29, 1.82) is 0 Å². The van der Waals surface area contributed by atoms with Crippen LogP contribution in [0, 0.1) is 5.41 Å². The van der Waals surface area contributed by atoms with E-state index in [0.29, 0.717) is 4.91 Å². The summed E-state index contributed by atoms with van der Waals surface area (Å²) in [5, 5.41) is 4.77. The second-order valence-corrected chi connectivity index (χ2v) is 8.02. The van der Waals surface area contributed by atoms with E-state index >= 15 is 0 Å². The lowest BCUT2D eigenvalue weighted by Crippen LogP contribution is -2.44. The van der Waals surface area contributed by atoms with Crippen molar-refractivity contribution in [2.45, 2.75) is 20.8 Å². The molecule has 0 atom stereocenters. The lowest BCUT2D eigenvalue weighted by atomic mass is 9.96. The molecular weight excluding hydrogens is 366 g/mol. The molecule has 1 aromatic rings. The van der Waals surface area contributed by atoms with Crippen LogP contribution in [0.1, 0.15) is 26.3 Å². The zero-order valence-electron chi connectivity index (χ0n) is 15.6. The fraction of sp³-hybridized carbons (Fsp3) is 0.368. The van der Waals surface area contributed by atoms with Crippen LogP contribution in [0.3, 0.4) is 0 Å². The van der Waals surface area contributed by atoms with E-state index in [1.54, 1.807) is 26.8 Å². The maximum atomic E-state index is 12.4. The van der Waals surface area contributed by atoms with Crippen LogP contribution in [0.25, 0.3) is 6.08 Å². The summed E-state index contributed by atoms with van der Waals surface area (Å²) >= 11 is 0.881. The van der Waals surface area contributed by atoms with Crippen LogP contribution < -0.4 is 10.6 Å². The number of benzene rings is 1. The van der Waals surface area contributed by atoms with Gasteiger partial charge in [-0.15, -0.1) is 0 Å². The quantitative estimate of drug-likeness (QED) is 0.726. The smallest absolute Gasteiger partial charge is 0.293 e. The van der Waals surface area contributed by atoms with Gasteiger partial charge in [0.05, 0.1) is 11.4 Å². The molecule has 0 aromatic heterocycles. The number of hydrogen-bond donors (Lipinski definition) is 2. The van der Waals surface area contributed by atoms with Crippen LogP contribution >= 0.6 is 11.8 Å². The zero-order valence-corrected chi connectivity index (χ0v) is 16.4. The van der Waals surface area contributed by atoms with E-state index in [-0.39, 0.29) is 42.6 Å². The molecule has 1 saturated heterocycles. The van der Waals surface area contributed by atoms with Crippen LogP contribution in [-0.4, -0.2) is 47.5 Å². The highest BCUT2D eigenvalue weighted by Crippen LogP contribution is 2.31. The van der Waals surface area contributed by atoms with Crippen LogP contribution in [0.5, 0.6) is 0 Å². The minimum atomic E-state index is -0.576. The van der Waals surface area contributed by atoms with Crippen molar-refractivity contribution in [3.05, 3.63) is 40.8 Å². The zero-order chi connectivity index (χ0) is 20.0. The maximum Gasteiger partial charge on any atom is 0.293 e. The summed E-state index contributed by atoms with van der Waals surface area (Å²) in [6, 6.07) is 9.27. The Balaban J connectivity index is 1.81. The Hall–Kier alpha value is -2.61. The number of carbonyl (C=O) groups is 4. The molecule has 0 radical (unpaired) electrons. The molecule has 0 saturated carbocycles. The van der Waals surface area contributed by atoms with Crippen molar-refractivity contribution in [3.63, 3.8) is 0 Å². The van der Waals surface area contributed by atoms with Crippen LogP contribution in [0.15, 0.2) is 35.2 Å². The Kier molecular flexibility index (Phi) is 6.79. The van der Waals surface area contributed by atoms with Crippen molar-refractivity contribution in [1.82, 2.24) is 15.5 Å². The number of nitrogens with zero attached hydrogens (tertiary/aromatic N) is 1. The lowest BCUT2D eigenvalue weighted by Gasteiger charge is -2.17. The SMILES string of the molecule is CC(C)(C)C(=O)NCC(=O)NCCN1C(=O)S/C(=C\c2ccccc2)C1=O. The third kappa shape index (κ3) is 5.96. The third-order valence-electron chi connectivity index (χ3n) is 3.72. The van der Waals surface area contributed by atoms with E-state index in [4.69, 9.17) is 0 Å². The van der Waals surface area contributed by atoms with Crippen LogP contribution in [0.4, 0.5) is 4.79 Å². The molecular formula is C19H23N3O4S. The molecule has 8 heteroatoms. The van der Waals surface area contributed by atoms with Gasteiger partial charge in [-0.05, 0) is 23.4 Å². The van der Waals surface area contributed by atoms with Crippen molar-refractivity contribution >= 4 is 40.8 Å². The Bertz CT molecular complexity index is 769. The molecule has 2 rings (SSSR count). The number of rotatable bonds is 6. The maximum absolute atomic E-state index is 12.4. The number of carbonyl (C=O) groups excluding carboxylic acids is 4. The molecule has 1 aromatic carbocycles. The molecule has 1 fully saturated rings. The first-order valence-electron chi connectivity index (χ1n) is 8.54. The molecule has 0 unspecified atom stereocenters. The van der Waals surface area contributed by atoms with E-state index in [1.165, 1.54) is 0 Å². The van der Waals surface area contributed by atoms with Gasteiger partial charge >= 0.3 is 0 Å². The average Bonchev–Trinajstić information content (AvgIpc) is 2.87.